The third kappa shape index (κ3) is 4.08. The number of halogens is 1. The van der Waals surface area contributed by atoms with Gasteiger partial charge in [-0.3, -0.25) is 24.9 Å². The molecule has 0 unspecified atom stereocenters. The Morgan fingerprint density at radius 1 is 1.27 bits per heavy atom. The van der Waals surface area contributed by atoms with Crippen molar-refractivity contribution in [2.75, 3.05) is 0 Å². The van der Waals surface area contributed by atoms with E-state index in [1.54, 1.807) is 25.1 Å². The summed E-state index contributed by atoms with van der Waals surface area (Å²) < 4.78 is 1.80. The molecule has 10 heteroatoms. The maximum Gasteiger partial charge on any atom is 0.335 e. The monoisotopic (exact) mass is 472 g/mol. The van der Waals surface area contributed by atoms with Gasteiger partial charge in [-0.2, -0.15) is 0 Å². The summed E-state index contributed by atoms with van der Waals surface area (Å²) in [6.07, 6.45) is 1.65. The van der Waals surface area contributed by atoms with Crippen LogP contribution in [0.1, 0.15) is 23.6 Å². The number of aromatic amines is 1. The average molecular weight is 473 g/mol. The number of nitro benzene ring substituents is 1. The lowest BCUT2D eigenvalue weighted by Crippen LogP contribution is -2.31. The van der Waals surface area contributed by atoms with Crippen LogP contribution in [0.2, 0.25) is 0 Å². The topological polar surface area (TPSA) is 131 Å². The van der Waals surface area contributed by atoms with E-state index in [2.05, 4.69) is 25.9 Å². The first-order chi connectivity index (χ1) is 14.2. The van der Waals surface area contributed by atoms with E-state index in [0.717, 1.165) is 20.8 Å². The number of aliphatic imine (C=N–C) groups is 1. The fourth-order valence-corrected chi connectivity index (χ4v) is 3.36. The molecule has 0 radical (unpaired) electrons. The smallest absolute Gasteiger partial charge is 0.335 e. The Bertz CT molecular complexity index is 1290. The molecule has 0 aliphatic rings. The van der Waals surface area contributed by atoms with Gasteiger partial charge in [-0.05, 0) is 43.2 Å². The summed E-state index contributed by atoms with van der Waals surface area (Å²) in [4.78, 5) is 41.5. The van der Waals surface area contributed by atoms with Crippen LogP contribution in [0.5, 0.6) is 5.88 Å². The average Bonchev–Trinajstić information content (AvgIpc) is 2.69. The summed E-state index contributed by atoms with van der Waals surface area (Å²) in [7, 11) is 0. The Balaban J connectivity index is 2.14. The van der Waals surface area contributed by atoms with E-state index in [9.17, 15) is 24.8 Å². The Morgan fingerprint density at radius 3 is 2.67 bits per heavy atom. The number of nitro groups is 1. The van der Waals surface area contributed by atoms with E-state index in [-0.39, 0.29) is 16.9 Å². The molecule has 0 atom stereocenters. The molecule has 0 spiro atoms. The molecule has 0 aliphatic carbocycles. The fourth-order valence-electron chi connectivity index (χ4n) is 2.95. The predicted octanol–water partition coefficient (Wildman–Crippen LogP) is 3.52. The van der Waals surface area contributed by atoms with Crippen LogP contribution in [0.15, 0.2) is 55.5 Å². The van der Waals surface area contributed by atoms with Crippen LogP contribution >= 0.6 is 15.9 Å². The van der Waals surface area contributed by atoms with Crippen molar-refractivity contribution in [3.8, 4) is 11.6 Å². The van der Waals surface area contributed by atoms with E-state index >= 15 is 0 Å². The number of H-pyrrole nitrogens is 1. The normalized spacial score (nSPS) is 11.2. The van der Waals surface area contributed by atoms with Crippen LogP contribution in [0, 0.1) is 17.0 Å². The van der Waals surface area contributed by atoms with Gasteiger partial charge in [0, 0.05) is 22.3 Å². The van der Waals surface area contributed by atoms with Crippen LogP contribution in [-0.4, -0.2) is 25.8 Å². The van der Waals surface area contributed by atoms with Crippen LogP contribution in [-0.2, 0) is 6.42 Å². The second kappa shape index (κ2) is 8.46. The molecule has 9 nitrogen and oxygen atoms in total. The van der Waals surface area contributed by atoms with E-state index in [1.165, 1.54) is 12.1 Å². The minimum atomic E-state index is -0.825. The molecule has 2 N–H and O–H groups in total. The Kier molecular flexibility index (Phi) is 5.97. The van der Waals surface area contributed by atoms with Crippen molar-refractivity contribution in [2.24, 2.45) is 4.99 Å². The van der Waals surface area contributed by atoms with Crippen LogP contribution in [0.4, 0.5) is 11.4 Å². The molecule has 30 heavy (non-hydrogen) atoms. The van der Waals surface area contributed by atoms with Crippen molar-refractivity contribution in [1.82, 2.24) is 9.55 Å². The molecule has 0 saturated heterocycles. The SMILES string of the molecule is CCc1cc(Br)ccc1-n1c(O)c(C=Nc2ccc(C)c([N+](=O)[O-])c2)c(=O)[nH]c1=O. The maximum absolute atomic E-state index is 12.4. The standard InChI is InChI=1S/C20H17BrN4O5/c1-3-12-8-13(21)5-7-16(12)24-19(27)15(18(26)23-20(24)28)10-22-14-6-4-11(2)17(9-14)25(29)30/h4-10,27H,3H2,1-2H3,(H,23,26,28). The number of rotatable bonds is 5. The molecule has 2 aromatic carbocycles. The lowest BCUT2D eigenvalue weighted by atomic mass is 10.1. The van der Waals surface area contributed by atoms with Gasteiger partial charge in [-0.15, -0.1) is 0 Å². The van der Waals surface area contributed by atoms with Gasteiger partial charge >= 0.3 is 5.69 Å². The summed E-state index contributed by atoms with van der Waals surface area (Å²) in [6.45, 7) is 3.49. The van der Waals surface area contributed by atoms with E-state index in [1.807, 2.05) is 13.0 Å². The highest BCUT2D eigenvalue weighted by molar-refractivity contribution is 9.10. The Labute approximate surface area is 178 Å². The predicted molar refractivity (Wildman–Crippen MR) is 116 cm³/mol. The second-order valence-electron chi connectivity index (χ2n) is 6.44. The zero-order chi connectivity index (χ0) is 22.0. The van der Waals surface area contributed by atoms with Crippen LogP contribution in [0.25, 0.3) is 5.69 Å². The molecular weight excluding hydrogens is 456 g/mol. The zero-order valence-electron chi connectivity index (χ0n) is 16.0. The summed E-state index contributed by atoms with van der Waals surface area (Å²) in [6, 6.07) is 9.51. The first kappa shape index (κ1) is 21.2. The van der Waals surface area contributed by atoms with Crippen molar-refractivity contribution >= 4 is 33.5 Å². The molecule has 3 rings (SSSR count). The highest BCUT2D eigenvalue weighted by atomic mass is 79.9. The van der Waals surface area contributed by atoms with Crippen LogP contribution in [0.3, 0.4) is 0 Å². The number of hydrogen-bond donors (Lipinski definition) is 2. The highest BCUT2D eigenvalue weighted by Gasteiger charge is 2.17. The maximum atomic E-state index is 12.4. The number of aryl methyl sites for hydroxylation is 2. The highest BCUT2D eigenvalue weighted by Crippen LogP contribution is 2.26. The van der Waals surface area contributed by atoms with Crippen molar-refractivity contribution in [3.05, 3.63) is 88.5 Å². The second-order valence-corrected chi connectivity index (χ2v) is 7.36. The van der Waals surface area contributed by atoms with Gasteiger partial charge in [0.15, 0.2) is 0 Å². The molecule has 0 bridgehead atoms. The lowest BCUT2D eigenvalue weighted by Gasteiger charge is -2.13. The van der Waals surface area contributed by atoms with Gasteiger partial charge in [-0.1, -0.05) is 28.9 Å². The van der Waals surface area contributed by atoms with E-state index < -0.39 is 22.1 Å². The zero-order valence-corrected chi connectivity index (χ0v) is 17.6. The molecule has 1 aromatic heterocycles. The summed E-state index contributed by atoms with van der Waals surface area (Å²) >= 11 is 3.37. The molecule has 1 heterocycles. The molecule has 3 aromatic rings. The van der Waals surface area contributed by atoms with Gasteiger partial charge in [0.1, 0.15) is 5.56 Å². The van der Waals surface area contributed by atoms with Crippen molar-refractivity contribution in [1.29, 1.82) is 0 Å². The van der Waals surface area contributed by atoms with Crippen molar-refractivity contribution in [3.63, 3.8) is 0 Å². The summed E-state index contributed by atoms with van der Waals surface area (Å²) in [5.74, 6) is -0.578. The van der Waals surface area contributed by atoms with E-state index in [0.29, 0.717) is 17.7 Å². The molecule has 0 saturated carbocycles. The number of aromatic nitrogens is 2. The Hall–Kier alpha value is -3.53. The van der Waals surface area contributed by atoms with Gasteiger partial charge in [0.2, 0.25) is 5.88 Å². The lowest BCUT2D eigenvalue weighted by molar-refractivity contribution is -0.385. The molecule has 0 amide bonds. The fraction of sp³-hybridized carbons (Fsp3) is 0.150. The minimum absolute atomic E-state index is 0.116. The first-order valence-electron chi connectivity index (χ1n) is 8.89. The number of aromatic hydroxyl groups is 1. The largest absolute Gasteiger partial charge is 0.493 e. The Morgan fingerprint density at radius 2 is 2.00 bits per heavy atom. The van der Waals surface area contributed by atoms with Crippen LogP contribution < -0.4 is 11.2 Å². The first-order valence-corrected chi connectivity index (χ1v) is 9.68. The third-order valence-corrected chi connectivity index (χ3v) is 5.01. The minimum Gasteiger partial charge on any atom is -0.493 e. The quantitative estimate of drug-likeness (QED) is 0.333. The number of hydrogen-bond acceptors (Lipinski definition) is 6. The van der Waals surface area contributed by atoms with Gasteiger partial charge in [0.25, 0.3) is 11.2 Å². The number of benzene rings is 2. The number of nitrogens with one attached hydrogen (secondary N) is 1. The van der Waals surface area contributed by atoms with Gasteiger partial charge in [-0.25, -0.2) is 9.36 Å². The summed E-state index contributed by atoms with van der Waals surface area (Å²) in [5, 5.41) is 21.8. The third-order valence-electron chi connectivity index (χ3n) is 4.52. The molecule has 0 aliphatic heterocycles. The van der Waals surface area contributed by atoms with Gasteiger partial charge < -0.3 is 5.11 Å². The molecule has 0 fully saturated rings. The van der Waals surface area contributed by atoms with E-state index in [4.69, 9.17) is 0 Å². The van der Waals surface area contributed by atoms with Gasteiger partial charge in [0.05, 0.1) is 16.3 Å². The summed E-state index contributed by atoms with van der Waals surface area (Å²) in [5.41, 5.74) is -0.104. The number of nitrogens with zero attached hydrogens (tertiary/aromatic N) is 3. The van der Waals surface area contributed by atoms with Crippen molar-refractivity contribution in [2.45, 2.75) is 20.3 Å². The molecular formula is C20H17BrN4O5. The molecule has 154 valence electrons. The van der Waals surface area contributed by atoms with Crippen molar-refractivity contribution < 1.29 is 10.0 Å².